The summed E-state index contributed by atoms with van der Waals surface area (Å²) in [5.41, 5.74) is 0.590. The van der Waals surface area contributed by atoms with Crippen LogP contribution in [0.4, 0.5) is 4.39 Å². The molecule has 5 nitrogen and oxygen atoms in total. The number of nitrogens with zero attached hydrogens (tertiary/aromatic N) is 1. The van der Waals surface area contributed by atoms with Crippen molar-refractivity contribution in [1.82, 2.24) is 10.5 Å². The number of halogens is 1. The second-order valence-corrected chi connectivity index (χ2v) is 7.00. The molecule has 0 fully saturated rings. The number of aromatic nitrogens is 1. The Morgan fingerprint density at radius 2 is 1.96 bits per heavy atom. The van der Waals surface area contributed by atoms with Crippen molar-refractivity contribution in [2.45, 2.75) is 51.7 Å². The first-order valence-corrected chi connectivity index (χ1v) is 7.88. The number of hydrogen-bond acceptors (Lipinski definition) is 4. The van der Waals surface area contributed by atoms with Crippen LogP contribution in [-0.2, 0) is 5.41 Å². The maximum Gasteiger partial charge on any atom is 0.273 e. The van der Waals surface area contributed by atoms with Gasteiger partial charge in [-0.25, -0.2) is 4.39 Å². The van der Waals surface area contributed by atoms with Crippen LogP contribution < -0.4 is 5.32 Å². The van der Waals surface area contributed by atoms with E-state index in [9.17, 15) is 14.3 Å². The molecule has 2 aromatic rings. The van der Waals surface area contributed by atoms with Gasteiger partial charge in [-0.05, 0) is 31.0 Å². The SMILES string of the molecule is CC(CC(O)c1ccc(F)cc1)NC(=O)c1cc(C(C)(C)C)on1. The van der Waals surface area contributed by atoms with Gasteiger partial charge in [0, 0.05) is 17.5 Å². The Balaban J connectivity index is 1.94. The zero-order valence-corrected chi connectivity index (χ0v) is 14.3. The van der Waals surface area contributed by atoms with Crippen LogP contribution in [0.3, 0.4) is 0 Å². The molecule has 0 aliphatic heterocycles. The molecule has 2 unspecified atom stereocenters. The molecule has 1 aromatic heterocycles. The molecule has 1 amide bonds. The fourth-order valence-corrected chi connectivity index (χ4v) is 2.25. The first-order valence-electron chi connectivity index (χ1n) is 7.88. The highest BCUT2D eigenvalue weighted by Crippen LogP contribution is 2.23. The number of aliphatic hydroxyl groups excluding tert-OH is 1. The van der Waals surface area contributed by atoms with Gasteiger partial charge in [-0.15, -0.1) is 0 Å². The van der Waals surface area contributed by atoms with E-state index in [0.29, 0.717) is 17.7 Å². The Kier molecular flexibility index (Phi) is 5.39. The van der Waals surface area contributed by atoms with Gasteiger partial charge in [-0.1, -0.05) is 38.1 Å². The van der Waals surface area contributed by atoms with Crippen molar-refractivity contribution in [3.05, 3.63) is 53.2 Å². The van der Waals surface area contributed by atoms with Crippen molar-refractivity contribution in [2.75, 3.05) is 0 Å². The normalized spacial score (nSPS) is 14.2. The molecule has 130 valence electrons. The van der Waals surface area contributed by atoms with E-state index in [2.05, 4.69) is 10.5 Å². The standard InChI is InChI=1S/C18H23FN2O3/c1-11(9-15(22)12-5-7-13(19)8-6-12)20-17(23)14-10-16(24-21-14)18(2,3)4/h5-8,10-11,15,22H,9H2,1-4H3,(H,20,23). The van der Waals surface area contributed by atoms with Crippen molar-refractivity contribution >= 4 is 5.91 Å². The van der Waals surface area contributed by atoms with Gasteiger partial charge < -0.3 is 14.9 Å². The van der Waals surface area contributed by atoms with E-state index >= 15 is 0 Å². The minimum atomic E-state index is -0.789. The minimum absolute atomic E-state index is 0.211. The second-order valence-electron chi connectivity index (χ2n) is 7.00. The average Bonchev–Trinajstić information content (AvgIpc) is 2.97. The van der Waals surface area contributed by atoms with Crippen molar-refractivity contribution < 1.29 is 18.8 Å². The van der Waals surface area contributed by atoms with Crippen LogP contribution in [-0.4, -0.2) is 22.2 Å². The Labute approximate surface area is 140 Å². The number of amides is 1. The summed E-state index contributed by atoms with van der Waals surface area (Å²) in [6.45, 7) is 7.69. The molecule has 2 rings (SSSR count). The van der Waals surface area contributed by atoms with E-state index in [1.165, 1.54) is 24.3 Å². The van der Waals surface area contributed by atoms with Crippen LogP contribution in [0.2, 0.25) is 0 Å². The molecule has 1 heterocycles. The fraction of sp³-hybridized carbons (Fsp3) is 0.444. The average molecular weight is 334 g/mol. The lowest BCUT2D eigenvalue weighted by Crippen LogP contribution is -2.34. The van der Waals surface area contributed by atoms with Gasteiger partial charge in [-0.2, -0.15) is 0 Å². The molecule has 0 aliphatic rings. The molecule has 1 aromatic carbocycles. The topological polar surface area (TPSA) is 75.4 Å². The Morgan fingerprint density at radius 1 is 1.33 bits per heavy atom. The summed E-state index contributed by atoms with van der Waals surface area (Å²) in [5.74, 6) is -0.0762. The molecular weight excluding hydrogens is 311 g/mol. The summed E-state index contributed by atoms with van der Waals surface area (Å²) >= 11 is 0. The molecule has 0 aliphatic carbocycles. The summed E-state index contributed by atoms with van der Waals surface area (Å²) in [6, 6.07) is 6.99. The highest BCUT2D eigenvalue weighted by molar-refractivity contribution is 5.92. The third kappa shape index (κ3) is 4.64. The molecular formula is C18H23FN2O3. The zero-order chi connectivity index (χ0) is 17.9. The lowest BCUT2D eigenvalue weighted by atomic mass is 9.93. The molecule has 0 radical (unpaired) electrons. The Bertz CT molecular complexity index is 689. The Morgan fingerprint density at radius 3 is 2.50 bits per heavy atom. The van der Waals surface area contributed by atoms with Gasteiger partial charge in [0.05, 0.1) is 6.10 Å². The quantitative estimate of drug-likeness (QED) is 0.879. The lowest BCUT2D eigenvalue weighted by molar-refractivity contribution is 0.0907. The number of aliphatic hydroxyl groups is 1. The fourth-order valence-electron chi connectivity index (χ4n) is 2.25. The number of nitrogens with one attached hydrogen (secondary N) is 1. The van der Waals surface area contributed by atoms with Gasteiger partial charge in [0.15, 0.2) is 5.69 Å². The monoisotopic (exact) mass is 334 g/mol. The molecule has 0 spiro atoms. The molecule has 6 heteroatoms. The van der Waals surface area contributed by atoms with Gasteiger partial charge in [0.1, 0.15) is 11.6 Å². The summed E-state index contributed by atoms with van der Waals surface area (Å²) in [7, 11) is 0. The van der Waals surface area contributed by atoms with E-state index in [4.69, 9.17) is 4.52 Å². The smallest absolute Gasteiger partial charge is 0.273 e. The molecule has 0 saturated carbocycles. The van der Waals surface area contributed by atoms with E-state index in [1.807, 2.05) is 20.8 Å². The summed E-state index contributed by atoms with van der Waals surface area (Å²) < 4.78 is 18.1. The third-order valence-corrected chi connectivity index (χ3v) is 3.69. The summed E-state index contributed by atoms with van der Waals surface area (Å²) in [4.78, 5) is 12.2. The lowest BCUT2D eigenvalue weighted by Gasteiger charge is -2.17. The summed E-state index contributed by atoms with van der Waals surface area (Å²) in [6.07, 6.45) is -0.482. The van der Waals surface area contributed by atoms with Crippen LogP contribution in [0.5, 0.6) is 0 Å². The molecule has 2 N–H and O–H groups in total. The predicted octanol–water partition coefficient (Wildman–Crippen LogP) is 3.35. The van der Waals surface area contributed by atoms with Crippen LogP contribution in [0, 0.1) is 5.82 Å². The number of carbonyl (C=O) groups is 1. The number of carbonyl (C=O) groups excluding carboxylic acids is 1. The van der Waals surface area contributed by atoms with Gasteiger partial charge in [0.25, 0.3) is 5.91 Å². The van der Waals surface area contributed by atoms with Crippen LogP contribution in [0.15, 0.2) is 34.9 Å². The van der Waals surface area contributed by atoms with E-state index < -0.39 is 6.10 Å². The highest BCUT2D eigenvalue weighted by Gasteiger charge is 2.23. The molecule has 0 saturated heterocycles. The minimum Gasteiger partial charge on any atom is -0.388 e. The zero-order valence-electron chi connectivity index (χ0n) is 14.3. The maximum absolute atomic E-state index is 12.9. The van der Waals surface area contributed by atoms with E-state index in [0.717, 1.165) is 0 Å². The van der Waals surface area contributed by atoms with Gasteiger partial charge in [0.2, 0.25) is 0 Å². The van der Waals surface area contributed by atoms with Crippen LogP contribution in [0.25, 0.3) is 0 Å². The number of hydrogen-bond donors (Lipinski definition) is 2. The maximum atomic E-state index is 12.9. The first-order chi connectivity index (χ1) is 11.2. The number of benzene rings is 1. The first kappa shape index (κ1) is 18.1. The number of rotatable bonds is 5. The van der Waals surface area contributed by atoms with E-state index in [-0.39, 0.29) is 28.9 Å². The Hall–Kier alpha value is -2.21. The largest absolute Gasteiger partial charge is 0.388 e. The third-order valence-electron chi connectivity index (χ3n) is 3.69. The van der Waals surface area contributed by atoms with Crippen molar-refractivity contribution in [3.8, 4) is 0 Å². The van der Waals surface area contributed by atoms with Crippen LogP contribution >= 0.6 is 0 Å². The second kappa shape index (κ2) is 7.13. The van der Waals surface area contributed by atoms with Crippen LogP contribution in [0.1, 0.15) is 62.0 Å². The highest BCUT2D eigenvalue weighted by atomic mass is 19.1. The summed E-state index contributed by atoms with van der Waals surface area (Å²) in [5, 5.41) is 16.7. The van der Waals surface area contributed by atoms with Gasteiger partial charge in [-0.3, -0.25) is 4.79 Å². The van der Waals surface area contributed by atoms with Crippen molar-refractivity contribution in [3.63, 3.8) is 0 Å². The van der Waals surface area contributed by atoms with Gasteiger partial charge >= 0.3 is 0 Å². The molecule has 0 bridgehead atoms. The van der Waals surface area contributed by atoms with Crippen molar-refractivity contribution in [2.24, 2.45) is 0 Å². The predicted molar refractivity (Wildman–Crippen MR) is 88.1 cm³/mol. The molecule has 2 atom stereocenters. The van der Waals surface area contributed by atoms with E-state index in [1.54, 1.807) is 13.0 Å². The molecule has 24 heavy (non-hydrogen) atoms. The van der Waals surface area contributed by atoms with Crippen molar-refractivity contribution in [1.29, 1.82) is 0 Å².